The largest absolute Gasteiger partial charge is 0.0622 e. The lowest BCUT2D eigenvalue weighted by Crippen LogP contribution is -1.91. The van der Waals surface area contributed by atoms with Crippen molar-refractivity contribution in [3.8, 4) is 33.4 Å². The number of fused-ring (bicyclic) bond motifs is 4. The number of hydrogen-bond acceptors (Lipinski definition) is 0. The summed E-state index contributed by atoms with van der Waals surface area (Å²) in [6.45, 7) is 0. The highest BCUT2D eigenvalue weighted by atomic mass is 14.2. The van der Waals surface area contributed by atoms with Gasteiger partial charge >= 0.3 is 0 Å². The van der Waals surface area contributed by atoms with Crippen LogP contribution in [0.15, 0.2) is 158 Å². The number of benzene rings is 8. The lowest BCUT2D eigenvalue weighted by Gasteiger charge is -2.19. The van der Waals surface area contributed by atoms with Crippen LogP contribution in [0.5, 0.6) is 0 Å². The number of rotatable bonds is 3. The SMILES string of the molecule is c1ccc(-c2c3ccccc3c(-c3cccc4ccc(-c5cccc6ccccc56)cc34)c3ccccc23)cc1. The van der Waals surface area contributed by atoms with E-state index < -0.39 is 0 Å². The lowest BCUT2D eigenvalue weighted by atomic mass is 9.84. The fourth-order valence-electron chi connectivity index (χ4n) is 6.47. The molecule has 0 heterocycles. The van der Waals surface area contributed by atoms with E-state index in [1.54, 1.807) is 0 Å². The van der Waals surface area contributed by atoms with Crippen LogP contribution >= 0.6 is 0 Å². The van der Waals surface area contributed by atoms with E-state index in [0.29, 0.717) is 0 Å². The molecule has 0 aliphatic carbocycles. The van der Waals surface area contributed by atoms with Gasteiger partial charge < -0.3 is 0 Å². The molecule has 8 aromatic carbocycles. The average molecular weight is 507 g/mol. The van der Waals surface area contributed by atoms with Gasteiger partial charge in [-0.25, -0.2) is 0 Å². The predicted molar refractivity (Wildman–Crippen MR) is 173 cm³/mol. The monoisotopic (exact) mass is 506 g/mol. The highest BCUT2D eigenvalue weighted by Crippen LogP contribution is 2.45. The molecule has 0 spiro atoms. The van der Waals surface area contributed by atoms with Crippen LogP contribution in [0.25, 0.3) is 76.5 Å². The smallest absolute Gasteiger partial charge is 0.00201 e. The van der Waals surface area contributed by atoms with Crippen LogP contribution in [0.3, 0.4) is 0 Å². The van der Waals surface area contributed by atoms with Gasteiger partial charge in [0, 0.05) is 0 Å². The summed E-state index contributed by atoms with van der Waals surface area (Å²) in [5.41, 5.74) is 7.62. The van der Waals surface area contributed by atoms with Gasteiger partial charge in [0.05, 0.1) is 0 Å². The summed E-state index contributed by atoms with van der Waals surface area (Å²) >= 11 is 0. The molecule has 0 saturated carbocycles. The van der Waals surface area contributed by atoms with Crippen LogP contribution < -0.4 is 0 Å². The van der Waals surface area contributed by atoms with Gasteiger partial charge in [-0.1, -0.05) is 152 Å². The van der Waals surface area contributed by atoms with Crippen molar-refractivity contribution in [2.75, 3.05) is 0 Å². The molecule has 0 aliphatic heterocycles. The zero-order valence-corrected chi connectivity index (χ0v) is 22.0. The minimum absolute atomic E-state index is 1.24. The van der Waals surface area contributed by atoms with Gasteiger partial charge in [0.1, 0.15) is 0 Å². The zero-order valence-electron chi connectivity index (χ0n) is 22.0. The molecule has 0 nitrogen and oxygen atoms in total. The fraction of sp³-hybridized carbons (Fsp3) is 0. The van der Waals surface area contributed by atoms with Crippen LogP contribution in [0.4, 0.5) is 0 Å². The first-order valence-electron chi connectivity index (χ1n) is 13.9. The Hall–Kier alpha value is -5.20. The van der Waals surface area contributed by atoms with Gasteiger partial charge in [-0.2, -0.15) is 0 Å². The first-order valence-corrected chi connectivity index (χ1v) is 13.9. The van der Waals surface area contributed by atoms with Crippen molar-refractivity contribution in [2.24, 2.45) is 0 Å². The maximum atomic E-state index is 2.39. The molecule has 0 amide bonds. The van der Waals surface area contributed by atoms with E-state index in [2.05, 4.69) is 158 Å². The Morgan fingerprint density at radius 3 is 1.43 bits per heavy atom. The Morgan fingerprint density at radius 1 is 0.250 bits per heavy atom. The highest BCUT2D eigenvalue weighted by molar-refractivity contribution is 6.23. The maximum absolute atomic E-state index is 2.39. The topological polar surface area (TPSA) is 0 Å². The summed E-state index contributed by atoms with van der Waals surface area (Å²) in [6, 6.07) is 57.5. The summed E-state index contributed by atoms with van der Waals surface area (Å²) in [7, 11) is 0. The van der Waals surface area contributed by atoms with Crippen molar-refractivity contribution < 1.29 is 0 Å². The van der Waals surface area contributed by atoms with E-state index in [9.17, 15) is 0 Å². The molecule has 0 unspecified atom stereocenters. The van der Waals surface area contributed by atoms with Gasteiger partial charge in [-0.05, 0) is 82.5 Å². The molecule has 8 rings (SSSR count). The molecule has 40 heavy (non-hydrogen) atoms. The molecule has 0 fully saturated rings. The molecule has 0 radical (unpaired) electrons. The Balaban J connectivity index is 1.47. The molecule has 0 heteroatoms. The molecule has 0 atom stereocenters. The van der Waals surface area contributed by atoms with Gasteiger partial charge in [0.2, 0.25) is 0 Å². The molecule has 0 aliphatic rings. The third-order valence-corrected chi connectivity index (χ3v) is 8.25. The normalized spacial score (nSPS) is 11.5. The molecule has 186 valence electrons. The molecule has 0 aromatic heterocycles. The van der Waals surface area contributed by atoms with Gasteiger partial charge in [-0.3, -0.25) is 0 Å². The van der Waals surface area contributed by atoms with E-state index in [1.807, 2.05) is 0 Å². The Morgan fingerprint density at radius 2 is 0.750 bits per heavy atom. The average Bonchev–Trinajstić information content (AvgIpc) is 3.03. The summed E-state index contributed by atoms with van der Waals surface area (Å²) in [6.07, 6.45) is 0. The van der Waals surface area contributed by atoms with Crippen LogP contribution in [0, 0.1) is 0 Å². The van der Waals surface area contributed by atoms with Gasteiger partial charge in [-0.15, -0.1) is 0 Å². The van der Waals surface area contributed by atoms with Crippen LogP contribution in [0.2, 0.25) is 0 Å². The van der Waals surface area contributed by atoms with E-state index in [0.717, 1.165) is 0 Å². The summed E-state index contributed by atoms with van der Waals surface area (Å²) in [5.74, 6) is 0. The first-order chi connectivity index (χ1) is 19.9. The van der Waals surface area contributed by atoms with Gasteiger partial charge in [0.15, 0.2) is 0 Å². The van der Waals surface area contributed by atoms with Crippen molar-refractivity contribution in [2.45, 2.75) is 0 Å². The van der Waals surface area contributed by atoms with Crippen LogP contribution in [-0.4, -0.2) is 0 Å². The molecular formula is C40H26. The second-order valence-corrected chi connectivity index (χ2v) is 10.5. The molecular weight excluding hydrogens is 480 g/mol. The number of hydrogen-bond donors (Lipinski definition) is 0. The Kier molecular flexibility index (Phi) is 5.24. The Labute approximate surface area is 233 Å². The van der Waals surface area contributed by atoms with Crippen LogP contribution in [0.1, 0.15) is 0 Å². The third-order valence-electron chi connectivity index (χ3n) is 8.25. The second-order valence-electron chi connectivity index (χ2n) is 10.5. The van der Waals surface area contributed by atoms with Crippen molar-refractivity contribution in [3.63, 3.8) is 0 Å². The van der Waals surface area contributed by atoms with Crippen molar-refractivity contribution in [1.29, 1.82) is 0 Å². The quantitative estimate of drug-likeness (QED) is 0.209. The molecule has 0 N–H and O–H groups in total. The predicted octanol–water partition coefficient (Wildman–Crippen LogP) is 11.3. The van der Waals surface area contributed by atoms with Crippen molar-refractivity contribution >= 4 is 43.1 Å². The van der Waals surface area contributed by atoms with E-state index in [1.165, 1.54) is 76.5 Å². The maximum Gasteiger partial charge on any atom is -0.00201 e. The minimum Gasteiger partial charge on any atom is -0.0622 e. The minimum atomic E-state index is 1.24. The van der Waals surface area contributed by atoms with E-state index in [4.69, 9.17) is 0 Å². The molecule has 0 saturated heterocycles. The molecule has 0 bridgehead atoms. The van der Waals surface area contributed by atoms with Gasteiger partial charge in [0.25, 0.3) is 0 Å². The summed E-state index contributed by atoms with van der Waals surface area (Å²) < 4.78 is 0. The third kappa shape index (κ3) is 3.54. The molecule has 8 aromatic rings. The zero-order chi connectivity index (χ0) is 26.5. The van der Waals surface area contributed by atoms with Crippen LogP contribution in [-0.2, 0) is 0 Å². The summed E-state index contributed by atoms with van der Waals surface area (Å²) in [5, 5.41) is 10.2. The standard InChI is InChI=1S/C40H26/c1-2-13-29(14-3-1)39-33-18-6-8-20-35(33)40(36-21-9-7-19-34(36)39)37-23-11-16-28-24-25-30(26-38(28)37)32-22-10-15-27-12-4-5-17-31(27)32/h1-26H. The Bertz CT molecular complexity index is 2140. The fourth-order valence-corrected chi connectivity index (χ4v) is 6.47. The lowest BCUT2D eigenvalue weighted by molar-refractivity contribution is 1.66. The summed E-state index contributed by atoms with van der Waals surface area (Å²) in [4.78, 5) is 0. The van der Waals surface area contributed by atoms with Crippen molar-refractivity contribution in [3.05, 3.63) is 158 Å². The highest BCUT2D eigenvalue weighted by Gasteiger charge is 2.18. The van der Waals surface area contributed by atoms with Crippen molar-refractivity contribution in [1.82, 2.24) is 0 Å². The van der Waals surface area contributed by atoms with E-state index in [-0.39, 0.29) is 0 Å². The first kappa shape index (κ1) is 22.8. The second kappa shape index (κ2) is 9.22. The van der Waals surface area contributed by atoms with E-state index >= 15 is 0 Å².